The average Bonchev–Trinajstić information content (AvgIpc) is 3.01. The smallest absolute Gasteiger partial charge is 0.233 e. The van der Waals surface area contributed by atoms with Crippen LogP contribution >= 0.6 is 0 Å². The zero-order valence-corrected chi connectivity index (χ0v) is 19.1. The van der Waals surface area contributed by atoms with Crippen LogP contribution in [0.15, 0.2) is 57.9 Å². The van der Waals surface area contributed by atoms with E-state index in [1.165, 1.54) is 0 Å². The van der Waals surface area contributed by atoms with Crippen LogP contribution in [0.5, 0.6) is 11.5 Å². The Morgan fingerprint density at radius 1 is 0.733 bits per heavy atom. The molecule has 0 atom stereocenters. The van der Waals surface area contributed by atoms with E-state index in [2.05, 4.69) is 66.1 Å². The molecule has 0 radical (unpaired) electrons. The van der Waals surface area contributed by atoms with E-state index in [-0.39, 0.29) is 11.1 Å². The standard InChI is InChI=1S/C23H31N5O2/c1-22(2,3)27-17-14-19(29-7)20(30-8)15-18(17)28(23(4,5)6)21(27)25-26-24-16-12-10-9-11-13-16/h9-15H,1-8H3. The summed E-state index contributed by atoms with van der Waals surface area (Å²) in [6, 6.07) is 13.6. The first-order valence-electron chi connectivity index (χ1n) is 9.98. The molecule has 0 aliphatic heterocycles. The molecule has 7 heteroatoms. The second-order valence-corrected chi connectivity index (χ2v) is 9.13. The second-order valence-electron chi connectivity index (χ2n) is 9.13. The Hall–Kier alpha value is -3.09. The average molecular weight is 410 g/mol. The van der Waals surface area contributed by atoms with Crippen molar-refractivity contribution in [2.24, 2.45) is 15.4 Å². The third-order valence-electron chi connectivity index (χ3n) is 4.75. The van der Waals surface area contributed by atoms with E-state index in [4.69, 9.17) is 9.47 Å². The summed E-state index contributed by atoms with van der Waals surface area (Å²) >= 11 is 0. The van der Waals surface area contributed by atoms with E-state index in [9.17, 15) is 0 Å². The van der Waals surface area contributed by atoms with E-state index in [1.807, 2.05) is 42.5 Å². The van der Waals surface area contributed by atoms with Crippen LogP contribution in [0.2, 0.25) is 0 Å². The molecule has 0 bridgehead atoms. The van der Waals surface area contributed by atoms with Crippen molar-refractivity contribution in [2.45, 2.75) is 52.6 Å². The number of aromatic nitrogens is 2. The number of hydrogen-bond donors (Lipinski definition) is 0. The molecule has 3 rings (SSSR count). The minimum absolute atomic E-state index is 0.255. The van der Waals surface area contributed by atoms with Gasteiger partial charge in [-0.2, -0.15) is 0 Å². The quantitative estimate of drug-likeness (QED) is 0.418. The number of fused-ring (bicyclic) bond motifs is 1. The third-order valence-corrected chi connectivity index (χ3v) is 4.75. The first kappa shape index (κ1) is 21.6. The van der Waals surface area contributed by atoms with Crippen LogP contribution in [0.25, 0.3) is 11.0 Å². The number of rotatable bonds is 4. The molecule has 0 aliphatic carbocycles. The van der Waals surface area contributed by atoms with Gasteiger partial charge in [0.2, 0.25) is 5.62 Å². The van der Waals surface area contributed by atoms with E-state index < -0.39 is 0 Å². The zero-order valence-electron chi connectivity index (χ0n) is 19.1. The molecule has 3 aromatic rings. The molecule has 160 valence electrons. The molecule has 0 fully saturated rings. The van der Waals surface area contributed by atoms with Crippen molar-refractivity contribution >= 4 is 16.7 Å². The summed E-state index contributed by atoms with van der Waals surface area (Å²) in [7, 11) is 3.29. The highest BCUT2D eigenvalue weighted by Crippen LogP contribution is 2.35. The minimum atomic E-state index is -0.255. The zero-order chi connectivity index (χ0) is 22.1. The Kier molecular flexibility index (Phi) is 5.74. The fourth-order valence-electron chi connectivity index (χ4n) is 3.55. The Bertz CT molecular complexity index is 1060. The van der Waals surface area contributed by atoms with Crippen LogP contribution < -0.4 is 15.1 Å². The molecule has 1 aromatic heterocycles. The lowest BCUT2D eigenvalue weighted by Gasteiger charge is -2.24. The normalized spacial score (nSPS) is 12.5. The van der Waals surface area contributed by atoms with Gasteiger partial charge in [-0.1, -0.05) is 23.3 Å². The van der Waals surface area contributed by atoms with Gasteiger partial charge in [-0.25, -0.2) is 0 Å². The molecule has 1 heterocycles. The maximum atomic E-state index is 5.57. The lowest BCUT2D eigenvalue weighted by Crippen LogP contribution is -2.40. The van der Waals surface area contributed by atoms with Gasteiger partial charge >= 0.3 is 0 Å². The Morgan fingerprint density at radius 2 is 1.20 bits per heavy atom. The maximum absolute atomic E-state index is 5.57. The van der Waals surface area contributed by atoms with Crippen LogP contribution in [-0.2, 0) is 11.1 Å². The molecule has 2 aromatic carbocycles. The van der Waals surface area contributed by atoms with Crippen molar-refractivity contribution < 1.29 is 9.47 Å². The number of benzene rings is 2. The van der Waals surface area contributed by atoms with Crippen LogP contribution in [0.1, 0.15) is 41.5 Å². The molecular weight excluding hydrogens is 378 g/mol. The molecular formula is C23H31N5O2. The Morgan fingerprint density at radius 3 is 1.60 bits per heavy atom. The maximum Gasteiger partial charge on any atom is 0.233 e. The van der Waals surface area contributed by atoms with Gasteiger partial charge in [0.05, 0.1) is 30.9 Å². The fraction of sp³-hybridized carbons (Fsp3) is 0.435. The molecule has 30 heavy (non-hydrogen) atoms. The summed E-state index contributed by atoms with van der Waals surface area (Å²) in [5.74, 6) is 1.35. The van der Waals surface area contributed by atoms with Crippen LogP contribution in [0.3, 0.4) is 0 Å². The minimum Gasteiger partial charge on any atom is -0.493 e. The van der Waals surface area contributed by atoms with Crippen LogP contribution in [0.4, 0.5) is 5.69 Å². The summed E-state index contributed by atoms with van der Waals surface area (Å²) in [4.78, 5) is 0. The van der Waals surface area contributed by atoms with Crippen LogP contribution in [-0.4, -0.2) is 23.4 Å². The first-order chi connectivity index (χ1) is 14.1. The van der Waals surface area contributed by atoms with Crippen molar-refractivity contribution in [2.75, 3.05) is 14.2 Å². The highest BCUT2D eigenvalue weighted by atomic mass is 16.5. The van der Waals surface area contributed by atoms with Gasteiger partial charge in [0.15, 0.2) is 11.5 Å². The molecule has 0 saturated carbocycles. The molecule has 0 unspecified atom stereocenters. The molecule has 0 spiro atoms. The molecule has 0 amide bonds. The summed E-state index contributed by atoms with van der Waals surface area (Å²) in [5, 5.41) is 13.0. The Balaban J connectivity index is 2.41. The summed E-state index contributed by atoms with van der Waals surface area (Å²) in [6.45, 7) is 12.9. The predicted molar refractivity (Wildman–Crippen MR) is 120 cm³/mol. The van der Waals surface area contributed by atoms with Crippen molar-refractivity contribution in [3.63, 3.8) is 0 Å². The third kappa shape index (κ3) is 4.10. The SMILES string of the molecule is COc1cc2c(cc1OC)n(C(C)(C)C)c(=NN=Nc1ccccc1)n2C(C)(C)C. The van der Waals surface area contributed by atoms with E-state index >= 15 is 0 Å². The largest absolute Gasteiger partial charge is 0.493 e. The second kappa shape index (κ2) is 7.97. The summed E-state index contributed by atoms with van der Waals surface area (Å²) in [5.41, 5.74) is 2.93. The van der Waals surface area contributed by atoms with E-state index in [0.29, 0.717) is 17.1 Å². The number of hydrogen-bond acceptors (Lipinski definition) is 4. The highest BCUT2D eigenvalue weighted by Gasteiger charge is 2.28. The van der Waals surface area contributed by atoms with Gasteiger partial charge in [-0.15, -0.1) is 5.11 Å². The number of nitrogens with zero attached hydrogens (tertiary/aromatic N) is 5. The van der Waals surface area contributed by atoms with Gasteiger partial charge in [0, 0.05) is 23.2 Å². The van der Waals surface area contributed by atoms with Gasteiger partial charge in [-0.05, 0) is 58.9 Å². The predicted octanol–water partition coefficient (Wildman–Crippen LogP) is 5.57. The van der Waals surface area contributed by atoms with E-state index in [0.717, 1.165) is 16.7 Å². The first-order valence-corrected chi connectivity index (χ1v) is 9.98. The number of imidazole rings is 1. The summed E-state index contributed by atoms with van der Waals surface area (Å²) in [6.07, 6.45) is 0. The van der Waals surface area contributed by atoms with Crippen molar-refractivity contribution in [1.29, 1.82) is 0 Å². The number of methoxy groups -OCH3 is 2. The van der Waals surface area contributed by atoms with E-state index in [1.54, 1.807) is 14.2 Å². The lowest BCUT2D eigenvalue weighted by molar-refractivity contribution is 0.342. The fourth-order valence-corrected chi connectivity index (χ4v) is 3.55. The van der Waals surface area contributed by atoms with Gasteiger partial charge in [0.25, 0.3) is 0 Å². The van der Waals surface area contributed by atoms with Crippen molar-refractivity contribution in [1.82, 2.24) is 9.13 Å². The monoisotopic (exact) mass is 409 g/mol. The van der Waals surface area contributed by atoms with Gasteiger partial charge in [-0.3, -0.25) is 0 Å². The molecule has 7 nitrogen and oxygen atoms in total. The number of ether oxygens (including phenoxy) is 2. The van der Waals surface area contributed by atoms with Crippen molar-refractivity contribution in [3.8, 4) is 11.5 Å². The molecule has 0 N–H and O–H groups in total. The topological polar surface area (TPSA) is 65.4 Å². The van der Waals surface area contributed by atoms with Gasteiger partial charge in [0.1, 0.15) is 0 Å². The Labute approximate surface area is 177 Å². The lowest BCUT2D eigenvalue weighted by atomic mass is 10.1. The van der Waals surface area contributed by atoms with Crippen LogP contribution in [0, 0.1) is 0 Å². The molecule has 0 saturated heterocycles. The highest BCUT2D eigenvalue weighted by molar-refractivity contribution is 5.81. The summed E-state index contributed by atoms with van der Waals surface area (Å²) < 4.78 is 15.5. The van der Waals surface area contributed by atoms with Crippen molar-refractivity contribution in [3.05, 3.63) is 48.1 Å². The molecule has 0 aliphatic rings. The van der Waals surface area contributed by atoms with Gasteiger partial charge < -0.3 is 18.6 Å².